The molecule has 0 heterocycles. The fourth-order valence-corrected chi connectivity index (χ4v) is 1.39. The number of carbonyl (C=O) groups is 1. The molecule has 0 fully saturated rings. The third-order valence-electron chi connectivity index (χ3n) is 2.44. The second kappa shape index (κ2) is 8.86. The fraction of sp³-hybridized carbons (Fsp3) is 0.462. The second-order valence-electron chi connectivity index (χ2n) is 4.43. The highest BCUT2D eigenvalue weighted by Gasteiger charge is 2.27. The lowest BCUT2D eigenvalue weighted by atomic mass is 10.1. The predicted molar refractivity (Wildman–Crippen MR) is 74.9 cm³/mol. The van der Waals surface area contributed by atoms with Crippen molar-refractivity contribution in [2.24, 2.45) is 5.73 Å². The summed E-state index contributed by atoms with van der Waals surface area (Å²) in [7, 11) is 0. The van der Waals surface area contributed by atoms with E-state index in [0.717, 1.165) is 5.56 Å². The Balaban J connectivity index is 0.00000400. The molecule has 0 saturated carbocycles. The van der Waals surface area contributed by atoms with E-state index in [4.69, 9.17) is 5.73 Å². The number of benzene rings is 1. The number of nitrogens with two attached hydrogens (primary N) is 1. The summed E-state index contributed by atoms with van der Waals surface area (Å²) < 4.78 is 40.2. The Bertz CT molecular complexity index is 436. The van der Waals surface area contributed by atoms with Crippen LogP contribution in [0.25, 0.3) is 0 Å². The normalized spacial score (nSPS) is 12.4. The zero-order chi connectivity index (χ0) is 15.2. The molecule has 1 atom stereocenters. The molecule has 120 valence electrons. The van der Waals surface area contributed by atoms with Gasteiger partial charge in [0.15, 0.2) is 0 Å². The molecule has 0 aliphatic heterocycles. The Morgan fingerprint density at radius 1 is 1.29 bits per heavy atom. The fourth-order valence-electron chi connectivity index (χ4n) is 1.39. The first kappa shape index (κ1) is 19.7. The van der Waals surface area contributed by atoms with Crippen LogP contribution in [0.15, 0.2) is 24.3 Å². The number of halogens is 4. The lowest BCUT2D eigenvalue weighted by Gasteiger charge is -2.09. The molecule has 4 nitrogen and oxygen atoms in total. The van der Waals surface area contributed by atoms with Crippen LogP contribution in [0, 0.1) is 0 Å². The first-order valence-corrected chi connectivity index (χ1v) is 6.03. The summed E-state index contributed by atoms with van der Waals surface area (Å²) in [6, 6.07) is 6.17. The van der Waals surface area contributed by atoms with Gasteiger partial charge in [-0.2, -0.15) is 13.2 Å². The molecule has 21 heavy (non-hydrogen) atoms. The molecule has 3 N–H and O–H groups in total. The number of nitrogens with one attached hydrogen (secondary N) is 1. The van der Waals surface area contributed by atoms with Crippen LogP contribution in [0.1, 0.15) is 18.1 Å². The van der Waals surface area contributed by atoms with Crippen molar-refractivity contribution in [1.82, 2.24) is 5.32 Å². The maximum absolute atomic E-state index is 11.9. The van der Waals surface area contributed by atoms with Crippen LogP contribution in [0.2, 0.25) is 0 Å². The molecule has 0 aromatic heterocycles. The van der Waals surface area contributed by atoms with E-state index in [1.165, 1.54) is 0 Å². The lowest BCUT2D eigenvalue weighted by molar-refractivity contribution is -0.176. The van der Waals surface area contributed by atoms with Gasteiger partial charge in [0.1, 0.15) is 6.61 Å². The molecule has 0 radical (unpaired) electrons. The highest BCUT2D eigenvalue weighted by atomic mass is 35.5. The van der Waals surface area contributed by atoms with Crippen molar-refractivity contribution in [1.29, 1.82) is 0 Å². The number of ether oxygens (including phenoxy) is 1. The zero-order valence-corrected chi connectivity index (χ0v) is 12.3. The topological polar surface area (TPSA) is 64.4 Å². The molecule has 0 aliphatic rings. The SMILES string of the molecule is C[C@@H](N)C(=O)NCc1ccc(COCC(F)(F)F)cc1.Cl. The molecule has 8 heteroatoms. The second-order valence-corrected chi connectivity index (χ2v) is 4.43. The third-order valence-corrected chi connectivity index (χ3v) is 2.44. The van der Waals surface area contributed by atoms with Gasteiger partial charge in [0, 0.05) is 6.54 Å². The molecule has 0 spiro atoms. The monoisotopic (exact) mass is 326 g/mol. The molecule has 0 saturated heterocycles. The molecule has 1 aromatic rings. The van der Waals surface area contributed by atoms with E-state index < -0.39 is 18.8 Å². The molecule has 0 aliphatic carbocycles. The third kappa shape index (κ3) is 8.54. The largest absolute Gasteiger partial charge is 0.411 e. The number of rotatable bonds is 6. The van der Waals surface area contributed by atoms with Gasteiger partial charge in [0.25, 0.3) is 0 Å². The van der Waals surface area contributed by atoms with Gasteiger partial charge < -0.3 is 15.8 Å². The van der Waals surface area contributed by atoms with Crippen LogP contribution in [0.3, 0.4) is 0 Å². The van der Waals surface area contributed by atoms with E-state index in [2.05, 4.69) is 10.1 Å². The summed E-state index contributed by atoms with van der Waals surface area (Å²) in [6.07, 6.45) is -4.32. The Labute approximate surface area is 127 Å². The molecule has 0 unspecified atom stereocenters. The summed E-state index contributed by atoms with van der Waals surface area (Å²) in [5, 5.41) is 2.64. The van der Waals surface area contributed by atoms with E-state index in [0.29, 0.717) is 12.1 Å². The van der Waals surface area contributed by atoms with Crippen LogP contribution < -0.4 is 11.1 Å². The van der Waals surface area contributed by atoms with Crippen LogP contribution in [0.5, 0.6) is 0 Å². The molecule has 1 rings (SSSR count). The predicted octanol–water partition coefficient (Wildman–Crippen LogP) is 2.15. The van der Waals surface area contributed by atoms with Gasteiger partial charge in [-0.25, -0.2) is 0 Å². The average Bonchev–Trinajstić information content (AvgIpc) is 2.35. The highest BCUT2D eigenvalue weighted by molar-refractivity contribution is 5.85. The Hall–Kier alpha value is -1.31. The Kier molecular flexibility index (Phi) is 8.31. The number of carbonyl (C=O) groups excluding carboxylic acids is 1. The van der Waals surface area contributed by atoms with Crippen molar-refractivity contribution < 1.29 is 22.7 Å². The summed E-state index contributed by atoms with van der Waals surface area (Å²) in [5.41, 5.74) is 6.86. The van der Waals surface area contributed by atoms with Crippen LogP contribution in [-0.2, 0) is 22.7 Å². The maximum atomic E-state index is 11.9. The van der Waals surface area contributed by atoms with Gasteiger partial charge in [0.2, 0.25) is 5.91 Å². The molecule has 1 amide bonds. The summed E-state index contributed by atoms with van der Waals surface area (Å²) in [6.45, 7) is 0.533. The van der Waals surface area contributed by atoms with Gasteiger partial charge in [-0.3, -0.25) is 4.79 Å². The maximum Gasteiger partial charge on any atom is 0.411 e. The Morgan fingerprint density at radius 2 is 1.81 bits per heavy atom. The van der Waals surface area contributed by atoms with Crippen molar-refractivity contribution in [3.8, 4) is 0 Å². The van der Waals surface area contributed by atoms with Gasteiger partial charge >= 0.3 is 6.18 Å². The van der Waals surface area contributed by atoms with Crippen molar-refractivity contribution in [2.75, 3.05) is 6.61 Å². The first-order chi connectivity index (χ1) is 9.28. The molecular formula is C13H18ClF3N2O2. The summed E-state index contributed by atoms with van der Waals surface area (Å²) in [5.74, 6) is -0.261. The van der Waals surface area contributed by atoms with Gasteiger partial charge in [-0.05, 0) is 18.1 Å². The van der Waals surface area contributed by atoms with E-state index in [9.17, 15) is 18.0 Å². The number of alkyl halides is 3. The quantitative estimate of drug-likeness (QED) is 0.842. The standard InChI is InChI=1S/C13H17F3N2O2.ClH/c1-9(17)12(19)18-6-10-2-4-11(5-3-10)7-20-8-13(14,15)16;/h2-5,9H,6-8,17H2,1H3,(H,18,19);1H/t9-;/m1./s1. The highest BCUT2D eigenvalue weighted by Crippen LogP contribution is 2.15. The van der Waals surface area contributed by atoms with E-state index in [1.54, 1.807) is 31.2 Å². The molecular weight excluding hydrogens is 309 g/mol. The molecule has 1 aromatic carbocycles. The minimum atomic E-state index is -4.32. The van der Waals surface area contributed by atoms with Crippen molar-refractivity contribution >= 4 is 18.3 Å². The van der Waals surface area contributed by atoms with Crippen LogP contribution in [-0.4, -0.2) is 24.7 Å². The lowest BCUT2D eigenvalue weighted by Crippen LogP contribution is -2.37. The minimum Gasteiger partial charge on any atom is -0.367 e. The summed E-state index contributed by atoms with van der Waals surface area (Å²) in [4.78, 5) is 11.3. The smallest absolute Gasteiger partial charge is 0.367 e. The first-order valence-electron chi connectivity index (χ1n) is 6.03. The minimum absolute atomic E-state index is 0. The van der Waals surface area contributed by atoms with Gasteiger partial charge in [0.05, 0.1) is 12.6 Å². The van der Waals surface area contributed by atoms with Crippen molar-refractivity contribution in [2.45, 2.75) is 32.3 Å². The zero-order valence-electron chi connectivity index (χ0n) is 11.4. The Morgan fingerprint density at radius 3 is 2.29 bits per heavy atom. The number of hydrogen-bond donors (Lipinski definition) is 2. The van der Waals surface area contributed by atoms with Crippen molar-refractivity contribution in [3.05, 3.63) is 35.4 Å². The summed E-state index contributed by atoms with van der Waals surface area (Å²) >= 11 is 0. The van der Waals surface area contributed by atoms with Crippen LogP contribution >= 0.6 is 12.4 Å². The van der Waals surface area contributed by atoms with Gasteiger partial charge in [-0.15, -0.1) is 12.4 Å². The average molecular weight is 327 g/mol. The van der Waals surface area contributed by atoms with E-state index >= 15 is 0 Å². The van der Waals surface area contributed by atoms with Gasteiger partial charge in [-0.1, -0.05) is 24.3 Å². The van der Waals surface area contributed by atoms with Crippen LogP contribution in [0.4, 0.5) is 13.2 Å². The van der Waals surface area contributed by atoms with E-state index in [1.807, 2.05) is 0 Å². The van der Waals surface area contributed by atoms with Crippen molar-refractivity contribution in [3.63, 3.8) is 0 Å². The number of amides is 1. The van der Waals surface area contributed by atoms with E-state index in [-0.39, 0.29) is 24.9 Å². The molecule has 0 bridgehead atoms. The number of hydrogen-bond acceptors (Lipinski definition) is 3.